The molecule has 1 saturated carbocycles. The second kappa shape index (κ2) is 6.59. The summed E-state index contributed by atoms with van der Waals surface area (Å²) in [6.07, 6.45) is 2.66. The van der Waals surface area contributed by atoms with Gasteiger partial charge in [-0.15, -0.1) is 0 Å². The molecule has 0 aromatic carbocycles. The van der Waals surface area contributed by atoms with Crippen LogP contribution in [0.4, 0.5) is 0 Å². The topological polar surface area (TPSA) is 64.6 Å². The lowest BCUT2D eigenvalue weighted by Gasteiger charge is -2.34. The largest absolute Gasteiger partial charge is 0.467 e. The van der Waals surface area contributed by atoms with E-state index in [4.69, 9.17) is 4.74 Å². The molecule has 0 bridgehead atoms. The van der Waals surface area contributed by atoms with E-state index in [1.165, 1.54) is 7.11 Å². The zero-order chi connectivity index (χ0) is 12.8. The highest BCUT2D eigenvalue weighted by atomic mass is 16.5. The average Bonchev–Trinajstić information content (AvgIpc) is 2.25. The minimum Gasteiger partial charge on any atom is -0.467 e. The van der Waals surface area contributed by atoms with Gasteiger partial charge in [0.1, 0.15) is 6.04 Å². The van der Waals surface area contributed by atoms with Crippen molar-refractivity contribution in [3.63, 3.8) is 0 Å². The lowest BCUT2D eigenvalue weighted by molar-refractivity contribution is -0.144. The van der Waals surface area contributed by atoms with E-state index < -0.39 is 12.0 Å². The first-order valence-electron chi connectivity index (χ1n) is 6.05. The third-order valence-corrected chi connectivity index (χ3v) is 3.00. The number of hydrogen-bond donors (Lipinski definition) is 1. The molecule has 1 atom stereocenters. The zero-order valence-corrected chi connectivity index (χ0v) is 10.7. The summed E-state index contributed by atoms with van der Waals surface area (Å²) < 4.78 is 9.95. The summed E-state index contributed by atoms with van der Waals surface area (Å²) in [6, 6.07) is -0.574. The molecule has 1 aliphatic rings. The van der Waals surface area contributed by atoms with Crippen LogP contribution in [-0.2, 0) is 19.1 Å². The van der Waals surface area contributed by atoms with Crippen molar-refractivity contribution >= 4 is 11.9 Å². The first kappa shape index (κ1) is 14.0. The number of nitrogens with one attached hydrogen (secondary N) is 1. The quantitative estimate of drug-likeness (QED) is 0.703. The molecule has 1 unspecified atom stereocenters. The second-order valence-corrected chi connectivity index (χ2v) is 4.43. The number of methoxy groups -OCH3 is 1. The van der Waals surface area contributed by atoms with Crippen molar-refractivity contribution < 1.29 is 19.1 Å². The Morgan fingerprint density at radius 3 is 2.59 bits per heavy atom. The molecular weight excluding hydrogens is 222 g/mol. The van der Waals surface area contributed by atoms with Gasteiger partial charge in [-0.25, -0.2) is 4.79 Å². The van der Waals surface area contributed by atoms with Crippen LogP contribution in [0.5, 0.6) is 0 Å². The Bertz CT molecular complexity index is 274. The van der Waals surface area contributed by atoms with Gasteiger partial charge < -0.3 is 14.8 Å². The molecule has 1 N–H and O–H groups in total. The molecule has 0 spiro atoms. The van der Waals surface area contributed by atoms with Gasteiger partial charge in [0.15, 0.2) is 0 Å². The maximum atomic E-state index is 11.6. The summed E-state index contributed by atoms with van der Waals surface area (Å²) >= 11 is 0. The minimum atomic E-state index is -0.574. The predicted octanol–water partition coefficient (Wildman–Crippen LogP) is 0.869. The molecule has 0 heterocycles. The summed E-state index contributed by atoms with van der Waals surface area (Å²) in [4.78, 5) is 22.7. The molecule has 0 aliphatic heterocycles. The van der Waals surface area contributed by atoms with Gasteiger partial charge in [-0.3, -0.25) is 4.79 Å². The smallest absolute Gasteiger partial charge is 0.328 e. The van der Waals surface area contributed by atoms with E-state index in [1.807, 2.05) is 6.92 Å². The molecule has 98 valence electrons. The molecule has 0 aromatic heterocycles. The van der Waals surface area contributed by atoms with Crippen LogP contribution < -0.4 is 5.32 Å². The highest BCUT2D eigenvalue weighted by molar-refractivity contribution is 5.84. The number of hydrogen-bond acceptors (Lipinski definition) is 4. The van der Waals surface area contributed by atoms with Crippen LogP contribution in [0.25, 0.3) is 0 Å². The van der Waals surface area contributed by atoms with Crippen molar-refractivity contribution in [3.05, 3.63) is 0 Å². The monoisotopic (exact) mass is 243 g/mol. The maximum Gasteiger partial charge on any atom is 0.328 e. The number of carbonyl (C=O) groups excluding carboxylic acids is 2. The molecule has 1 fully saturated rings. The van der Waals surface area contributed by atoms with E-state index in [0.717, 1.165) is 19.4 Å². The van der Waals surface area contributed by atoms with Crippen LogP contribution in [0.3, 0.4) is 0 Å². The summed E-state index contributed by atoms with van der Waals surface area (Å²) in [5.74, 6) is -0.126. The third kappa shape index (κ3) is 4.34. The highest BCUT2D eigenvalue weighted by Crippen LogP contribution is 2.32. The molecule has 5 heteroatoms. The van der Waals surface area contributed by atoms with Gasteiger partial charge in [0.25, 0.3) is 0 Å². The maximum absolute atomic E-state index is 11.6. The average molecular weight is 243 g/mol. The predicted molar refractivity (Wildman–Crippen MR) is 62.4 cm³/mol. The fraction of sp³-hybridized carbons (Fsp3) is 0.833. The number of esters is 1. The third-order valence-electron chi connectivity index (χ3n) is 3.00. The Morgan fingerprint density at radius 2 is 2.06 bits per heavy atom. The minimum absolute atomic E-state index is 0.0946. The van der Waals surface area contributed by atoms with Crippen LogP contribution in [0.2, 0.25) is 0 Å². The fourth-order valence-corrected chi connectivity index (χ4v) is 2.01. The molecule has 1 amide bonds. The first-order valence-corrected chi connectivity index (χ1v) is 6.05. The second-order valence-electron chi connectivity index (χ2n) is 4.43. The molecule has 0 saturated heterocycles. The van der Waals surface area contributed by atoms with E-state index >= 15 is 0 Å². The lowest BCUT2D eigenvalue weighted by Crippen LogP contribution is -2.42. The van der Waals surface area contributed by atoms with Gasteiger partial charge in [0, 0.05) is 13.0 Å². The van der Waals surface area contributed by atoms with Crippen molar-refractivity contribution in [1.29, 1.82) is 0 Å². The zero-order valence-electron chi connectivity index (χ0n) is 10.7. The molecular formula is C12H21NO4. The molecule has 1 aliphatic carbocycles. The van der Waals surface area contributed by atoms with E-state index in [2.05, 4.69) is 10.1 Å². The Balaban J connectivity index is 2.16. The Labute approximate surface area is 102 Å². The van der Waals surface area contributed by atoms with E-state index in [9.17, 15) is 9.59 Å². The van der Waals surface area contributed by atoms with Gasteiger partial charge >= 0.3 is 5.97 Å². The molecule has 1 rings (SSSR count). The highest BCUT2D eigenvalue weighted by Gasteiger charge is 2.31. The Morgan fingerprint density at radius 1 is 1.41 bits per heavy atom. The van der Waals surface area contributed by atoms with Crippen LogP contribution >= 0.6 is 0 Å². The molecule has 17 heavy (non-hydrogen) atoms. The summed E-state index contributed by atoms with van der Waals surface area (Å²) in [5.41, 5.74) is 0. The van der Waals surface area contributed by atoms with E-state index in [0.29, 0.717) is 18.4 Å². The van der Waals surface area contributed by atoms with Gasteiger partial charge in [-0.1, -0.05) is 0 Å². The number of rotatable bonds is 6. The Kier molecular flexibility index (Phi) is 5.41. The summed E-state index contributed by atoms with van der Waals surface area (Å²) in [7, 11) is 1.31. The van der Waals surface area contributed by atoms with Crippen molar-refractivity contribution in [2.75, 3.05) is 13.7 Å². The Hall–Kier alpha value is -1.10. The summed E-state index contributed by atoms with van der Waals surface area (Å²) in [6.45, 7) is 4.31. The van der Waals surface area contributed by atoms with Gasteiger partial charge in [-0.05, 0) is 32.6 Å². The molecule has 0 aromatic rings. The van der Waals surface area contributed by atoms with Crippen LogP contribution in [0.1, 0.15) is 33.1 Å². The first-order chi connectivity index (χ1) is 8.06. The van der Waals surface area contributed by atoms with Crippen LogP contribution in [-0.4, -0.2) is 37.7 Å². The van der Waals surface area contributed by atoms with Gasteiger partial charge in [-0.2, -0.15) is 0 Å². The van der Waals surface area contributed by atoms with Crippen molar-refractivity contribution in [2.24, 2.45) is 5.92 Å². The summed E-state index contributed by atoms with van der Waals surface area (Å²) in [5, 5.41) is 2.62. The lowest BCUT2D eigenvalue weighted by atomic mass is 9.80. The van der Waals surface area contributed by atoms with Crippen molar-refractivity contribution in [1.82, 2.24) is 5.32 Å². The van der Waals surface area contributed by atoms with Crippen LogP contribution in [0, 0.1) is 5.92 Å². The van der Waals surface area contributed by atoms with E-state index in [-0.39, 0.29) is 5.91 Å². The van der Waals surface area contributed by atoms with Crippen LogP contribution in [0.15, 0.2) is 0 Å². The fourth-order valence-electron chi connectivity index (χ4n) is 2.01. The normalized spacial score (nSPS) is 24.6. The van der Waals surface area contributed by atoms with E-state index in [1.54, 1.807) is 6.92 Å². The number of amides is 1. The van der Waals surface area contributed by atoms with Gasteiger partial charge in [0.05, 0.1) is 13.2 Å². The SMILES string of the molecule is CCOC1CC(CC(=O)NC(C)C(=O)OC)C1. The molecule has 5 nitrogen and oxygen atoms in total. The number of ether oxygens (including phenoxy) is 2. The van der Waals surface area contributed by atoms with Crippen molar-refractivity contribution in [2.45, 2.75) is 45.3 Å². The molecule has 0 radical (unpaired) electrons. The van der Waals surface area contributed by atoms with Gasteiger partial charge in [0.2, 0.25) is 5.91 Å². The van der Waals surface area contributed by atoms with Crippen molar-refractivity contribution in [3.8, 4) is 0 Å². The standard InChI is InChI=1S/C12H21NO4/c1-4-17-10-5-9(6-10)7-11(14)13-8(2)12(15)16-3/h8-10H,4-7H2,1-3H3,(H,13,14). The number of carbonyl (C=O) groups is 2.